The normalized spacial score (nSPS) is 16.6. The molecule has 2 aromatic heterocycles. The second-order valence-corrected chi connectivity index (χ2v) is 5.85. The summed E-state index contributed by atoms with van der Waals surface area (Å²) in [7, 11) is 0. The Hall–Kier alpha value is -2.15. The number of carbonyl (C=O) groups is 1. The van der Waals surface area contributed by atoms with Crippen molar-refractivity contribution in [1.29, 1.82) is 0 Å². The number of amides is 1. The number of likely N-dealkylation sites (tertiary alicyclic amines) is 1. The molecule has 1 aliphatic heterocycles. The Kier molecular flexibility index (Phi) is 5.07. The van der Waals surface area contributed by atoms with Gasteiger partial charge in [-0.3, -0.25) is 9.69 Å². The fourth-order valence-corrected chi connectivity index (χ4v) is 2.77. The topological polar surface area (TPSA) is 84.4 Å². The minimum Gasteiger partial charge on any atom is -0.459 e. The molecule has 1 fully saturated rings. The maximum Gasteiger partial charge on any atom is 0.286 e. The predicted octanol–water partition coefficient (Wildman–Crippen LogP) is 1.87. The lowest BCUT2D eigenvalue weighted by atomic mass is 9.97. The molecule has 23 heavy (non-hydrogen) atoms. The molecule has 1 amide bonds. The summed E-state index contributed by atoms with van der Waals surface area (Å²) in [6.45, 7) is 5.35. The van der Waals surface area contributed by atoms with Gasteiger partial charge in [0.2, 0.25) is 11.8 Å². The molecule has 3 heterocycles. The molecule has 1 saturated heterocycles. The third kappa shape index (κ3) is 4.19. The minimum atomic E-state index is -0.143. The molecule has 124 valence electrons. The molecule has 1 aliphatic rings. The molecule has 3 rings (SSSR count). The quantitative estimate of drug-likeness (QED) is 0.875. The van der Waals surface area contributed by atoms with Gasteiger partial charge in [0.1, 0.15) is 0 Å². The van der Waals surface area contributed by atoms with E-state index in [9.17, 15) is 4.79 Å². The maximum absolute atomic E-state index is 11.8. The second kappa shape index (κ2) is 7.41. The van der Waals surface area contributed by atoms with E-state index in [1.54, 1.807) is 12.1 Å². The van der Waals surface area contributed by atoms with Crippen LogP contribution in [0, 0.1) is 5.92 Å². The van der Waals surface area contributed by atoms with Gasteiger partial charge in [-0.1, -0.05) is 6.92 Å². The maximum atomic E-state index is 11.8. The van der Waals surface area contributed by atoms with Crippen LogP contribution in [0.15, 0.2) is 27.2 Å². The molecule has 1 N–H and O–H groups in total. The van der Waals surface area contributed by atoms with E-state index in [1.807, 2.05) is 6.92 Å². The van der Waals surface area contributed by atoms with Crippen molar-refractivity contribution in [3.05, 3.63) is 35.9 Å². The highest BCUT2D eigenvalue weighted by atomic mass is 16.4. The Morgan fingerprint density at radius 1 is 1.35 bits per heavy atom. The van der Waals surface area contributed by atoms with Gasteiger partial charge in [-0.2, -0.15) is 0 Å². The Bertz CT molecular complexity index is 615. The zero-order chi connectivity index (χ0) is 16.1. The largest absolute Gasteiger partial charge is 0.459 e. The Balaban J connectivity index is 1.39. The van der Waals surface area contributed by atoms with Crippen molar-refractivity contribution >= 4 is 5.91 Å². The standard InChI is InChI=1S/C16H22N4O3/c1-2-14-18-19-15(23-14)11-20-7-5-12(6-8-20)10-17-16(21)13-4-3-9-22-13/h3-4,9,12H,2,5-8,10-11H2,1H3,(H,17,21). The van der Waals surface area contributed by atoms with Gasteiger partial charge in [-0.05, 0) is 44.0 Å². The lowest BCUT2D eigenvalue weighted by molar-refractivity contribution is 0.0906. The van der Waals surface area contributed by atoms with Crippen molar-refractivity contribution in [2.24, 2.45) is 5.92 Å². The summed E-state index contributed by atoms with van der Waals surface area (Å²) in [5.74, 6) is 2.10. The Morgan fingerprint density at radius 3 is 2.78 bits per heavy atom. The highest BCUT2D eigenvalue weighted by molar-refractivity contribution is 5.91. The van der Waals surface area contributed by atoms with Gasteiger partial charge in [-0.15, -0.1) is 10.2 Å². The van der Waals surface area contributed by atoms with Crippen LogP contribution in [0.3, 0.4) is 0 Å². The number of rotatable bonds is 6. The highest BCUT2D eigenvalue weighted by Gasteiger charge is 2.21. The predicted molar refractivity (Wildman–Crippen MR) is 82.7 cm³/mol. The lowest BCUT2D eigenvalue weighted by Gasteiger charge is -2.30. The molecule has 0 radical (unpaired) electrons. The van der Waals surface area contributed by atoms with Crippen LogP contribution in [0.25, 0.3) is 0 Å². The van der Waals surface area contributed by atoms with Crippen LogP contribution >= 0.6 is 0 Å². The molecule has 7 heteroatoms. The Labute approximate surface area is 135 Å². The summed E-state index contributed by atoms with van der Waals surface area (Å²) < 4.78 is 10.6. The highest BCUT2D eigenvalue weighted by Crippen LogP contribution is 2.18. The number of furan rings is 1. The number of carbonyl (C=O) groups excluding carboxylic acids is 1. The first-order valence-electron chi connectivity index (χ1n) is 8.10. The molecule has 0 bridgehead atoms. The van der Waals surface area contributed by atoms with Crippen molar-refractivity contribution in [2.75, 3.05) is 19.6 Å². The van der Waals surface area contributed by atoms with E-state index in [4.69, 9.17) is 8.83 Å². The van der Waals surface area contributed by atoms with Crippen LogP contribution < -0.4 is 5.32 Å². The minimum absolute atomic E-state index is 0.143. The molecule has 0 unspecified atom stereocenters. The van der Waals surface area contributed by atoms with E-state index in [0.29, 0.717) is 36.5 Å². The molecule has 7 nitrogen and oxygen atoms in total. The zero-order valence-corrected chi connectivity index (χ0v) is 13.3. The lowest BCUT2D eigenvalue weighted by Crippen LogP contribution is -2.38. The first-order valence-corrected chi connectivity index (χ1v) is 8.10. The Morgan fingerprint density at radius 2 is 2.13 bits per heavy atom. The number of aromatic nitrogens is 2. The molecular formula is C16H22N4O3. The molecule has 0 spiro atoms. The number of piperidine rings is 1. The molecule has 0 aliphatic carbocycles. The summed E-state index contributed by atoms with van der Waals surface area (Å²) >= 11 is 0. The summed E-state index contributed by atoms with van der Waals surface area (Å²) in [6.07, 6.45) is 4.37. The first-order chi connectivity index (χ1) is 11.2. The van der Waals surface area contributed by atoms with Crippen LogP contribution in [0.5, 0.6) is 0 Å². The fourth-order valence-electron chi connectivity index (χ4n) is 2.77. The third-order valence-corrected chi connectivity index (χ3v) is 4.17. The van der Waals surface area contributed by atoms with Gasteiger partial charge in [0.15, 0.2) is 5.76 Å². The number of nitrogens with one attached hydrogen (secondary N) is 1. The smallest absolute Gasteiger partial charge is 0.286 e. The van der Waals surface area contributed by atoms with Crippen molar-refractivity contribution in [1.82, 2.24) is 20.4 Å². The van der Waals surface area contributed by atoms with E-state index >= 15 is 0 Å². The molecule has 0 atom stereocenters. The summed E-state index contributed by atoms with van der Waals surface area (Å²) in [5.41, 5.74) is 0. The average Bonchev–Trinajstić information content (AvgIpc) is 3.25. The van der Waals surface area contributed by atoms with Gasteiger partial charge in [0, 0.05) is 13.0 Å². The van der Waals surface area contributed by atoms with Crippen LogP contribution in [0.1, 0.15) is 42.1 Å². The fraction of sp³-hybridized carbons (Fsp3) is 0.562. The summed E-state index contributed by atoms with van der Waals surface area (Å²) in [5, 5.41) is 11.0. The third-order valence-electron chi connectivity index (χ3n) is 4.17. The van der Waals surface area contributed by atoms with Crippen LogP contribution in [-0.2, 0) is 13.0 Å². The molecular weight excluding hydrogens is 296 g/mol. The van der Waals surface area contributed by atoms with Gasteiger partial charge in [0.05, 0.1) is 12.8 Å². The van der Waals surface area contributed by atoms with Crippen LogP contribution in [0.4, 0.5) is 0 Å². The van der Waals surface area contributed by atoms with E-state index in [2.05, 4.69) is 20.4 Å². The average molecular weight is 318 g/mol. The van der Waals surface area contributed by atoms with Crippen molar-refractivity contribution in [3.8, 4) is 0 Å². The number of aryl methyl sites for hydroxylation is 1. The van der Waals surface area contributed by atoms with Crippen molar-refractivity contribution < 1.29 is 13.6 Å². The van der Waals surface area contributed by atoms with E-state index in [1.165, 1.54) is 6.26 Å². The van der Waals surface area contributed by atoms with Crippen LogP contribution in [0.2, 0.25) is 0 Å². The monoisotopic (exact) mass is 318 g/mol. The zero-order valence-electron chi connectivity index (χ0n) is 13.3. The van der Waals surface area contributed by atoms with Gasteiger partial charge < -0.3 is 14.2 Å². The number of nitrogens with zero attached hydrogens (tertiary/aromatic N) is 3. The number of hydrogen-bond acceptors (Lipinski definition) is 6. The summed E-state index contributed by atoms with van der Waals surface area (Å²) in [4.78, 5) is 14.2. The molecule has 0 aromatic carbocycles. The van der Waals surface area contributed by atoms with Crippen molar-refractivity contribution in [2.45, 2.75) is 32.7 Å². The van der Waals surface area contributed by atoms with E-state index in [0.717, 1.165) is 32.4 Å². The van der Waals surface area contributed by atoms with Gasteiger partial charge >= 0.3 is 0 Å². The number of hydrogen-bond donors (Lipinski definition) is 1. The van der Waals surface area contributed by atoms with Gasteiger partial charge in [-0.25, -0.2) is 0 Å². The molecule has 0 saturated carbocycles. The van der Waals surface area contributed by atoms with Gasteiger partial charge in [0.25, 0.3) is 5.91 Å². The van der Waals surface area contributed by atoms with E-state index in [-0.39, 0.29) is 5.91 Å². The van der Waals surface area contributed by atoms with E-state index < -0.39 is 0 Å². The second-order valence-electron chi connectivity index (χ2n) is 5.85. The summed E-state index contributed by atoms with van der Waals surface area (Å²) in [6, 6.07) is 3.39. The van der Waals surface area contributed by atoms with Crippen LogP contribution in [-0.4, -0.2) is 40.6 Å². The van der Waals surface area contributed by atoms with Crippen molar-refractivity contribution in [3.63, 3.8) is 0 Å². The first kappa shape index (κ1) is 15.7. The molecule has 2 aromatic rings. The SMILES string of the molecule is CCc1nnc(CN2CCC(CNC(=O)c3ccco3)CC2)o1.